The van der Waals surface area contributed by atoms with Gasteiger partial charge in [-0.25, -0.2) is 0 Å². The summed E-state index contributed by atoms with van der Waals surface area (Å²) in [7, 11) is 1.74. The predicted octanol–water partition coefficient (Wildman–Crippen LogP) is 1.60. The van der Waals surface area contributed by atoms with Crippen molar-refractivity contribution in [2.45, 2.75) is 32.1 Å². The minimum absolute atomic E-state index is 0.261. The van der Waals surface area contributed by atoms with E-state index in [2.05, 4.69) is 4.90 Å². The Kier molecular flexibility index (Phi) is 6.42. The number of carboxylic acid groups (broad SMARTS) is 1. The zero-order valence-electron chi connectivity index (χ0n) is 10.2. The Balaban J connectivity index is 2.30. The Labute approximate surface area is 97.6 Å². The summed E-state index contributed by atoms with van der Waals surface area (Å²) in [5, 5.41) is 8.68. The highest BCUT2D eigenvalue weighted by Crippen LogP contribution is 2.19. The van der Waals surface area contributed by atoms with Crippen molar-refractivity contribution in [3.63, 3.8) is 0 Å². The van der Waals surface area contributed by atoms with E-state index in [-0.39, 0.29) is 6.42 Å². The number of nitrogens with zero attached hydrogens (tertiary/aromatic N) is 1. The van der Waals surface area contributed by atoms with E-state index in [0.717, 1.165) is 26.1 Å². The molecule has 0 aliphatic carbocycles. The smallest absolute Gasteiger partial charge is 0.304 e. The highest BCUT2D eigenvalue weighted by molar-refractivity contribution is 5.66. The fraction of sp³-hybridized carbons (Fsp3) is 0.917. The molecule has 4 nitrogen and oxygen atoms in total. The van der Waals surface area contributed by atoms with Gasteiger partial charge < -0.3 is 14.7 Å². The van der Waals surface area contributed by atoms with Crippen molar-refractivity contribution in [3.8, 4) is 0 Å². The Bertz CT molecular complexity index is 208. The van der Waals surface area contributed by atoms with Crippen LogP contribution in [0, 0.1) is 5.92 Å². The molecule has 16 heavy (non-hydrogen) atoms. The normalized spacial score (nSPS) is 22.9. The molecule has 1 heterocycles. The van der Waals surface area contributed by atoms with Gasteiger partial charge in [0.15, 0.2) is 0 Å². The zero-order valence-corrected chi connectivity index (χ0v) is 10.2. The monoisotopic (exact) mass is 229 g/mol. The van der Waals surface area contributed by atoms with Crippen molar-refractivity contribution < 1.29 is 14.6 Å². The fourth-order valence-corrected chi connectivity index (χ4v) is 2.29. The van der Waals surface area contributed by atoms with Crippen LogP contribution in [0.4, 0.5) is 0 Å². The molecule has 1 saturated heterocycles. The Hall–Kier alpha value is -0.610. The quantitative estimate of drug-likeness (QED) is 0.751. The van der Waals surface area contributed by atoms with Crippen molar-refractivity contribution in [2.75, 3.05) is 33.4 Å². The van der Waals surface area contributed by atoms with Crippen LogP contribution in [0.5, 0.6) is 0 Å². The molecule has 0 aromatic carbocycles. The first-order chi connectivity index (χ1) is 7.72. The number of methoxy groups -OCH3 is 1. The van der Waals surface area contributed by atoms with Gasteiger partial charge in [-0.3, -0.25) is 4.79 Å². The first-order valence-electron chi connectivity index (χ1n) is 6.15. The summed E-state index contributed by atoms with van der Waals surface area (Å²) < 4.78 is 5.11. The van der Waals surface area contributed by atoms with Crippen molar-refractivity contribution in [2.24, 2.45) is 5.92 Å². The van der Waals surface area contributed by atoms with Crippen LogP contribution in [0.3, 0.4) is 0 Å². The van der Waals surface area contributed by atoms with Crippen LogP contribution in [0.1, 0.15) is 32.1 Å². The van der Waals surface area contributed by atoms with Crippen LogP contribution in [0.25, 0.3) is 0 Å². The summed E-state index contributed by atoms with van der Waals surface area (Å²) in [6.07, 6.45) is 5.07. The summed E-state index contributed by atoms with van der Waals surface area (Å²) >= 11 is 0. The standard InChI is InChI=1S/C12H23NO3/c1-16-9-6-11-4-2-3-7-13(10-11)8-5-12(14)15/h11H,2-10H2,1H3,(H,14,15). The van der Waals surface area contributed by atoms with Gasteiger partial charge in [0, 0.05) is 26.8 Å². The Morgan fingerprint density at radius 1 is 1.50 bits per heavy atom. The summed E-state index contributed by atoms with van der Waals surface area (Å²) in [6.45, 7) is 3.60. The van der Waals surface area contributed by atoms with Crippen molar-refractivity contribution in [3.05, 3.63) is 0 Å². The molecular formula is C12H23NO3. The topological polar surface area (TPSA) is 49.8 Å². The van der Waals surface area contributed by atoms with E-state index < -0.39 is 5.97 Å². The highest BCUT2D eigenvalue weighted by Gasteiger charge is 2.18. The molecule has 4 heteroatoms. The van der Waals surface area contributed by atoms with Crippen LogP contribution in [0.15, 0.2) is 0 Å². The lowest BCUT2D eigenvalue weighted by Crippen LogP contribution is -2.31. The van der Waals surface area contributed by atoms with E-state index in [9.17, 15) is 4.79 Å². The maximum Gasteiger partial charge on any atom is 0.304 e. The molecule has 0 saturated carbocycles. The fourth-order valence-electron chi connectivity index (χ4n) is 2.29. The van der Waals surface area contributed by atoms with Gasteiger partial charge in [0.05, 0.1) is 6.42 Å². The summed E-state index contributed by atoms with van der Waals surface area (Å²) in [5.74, 6) is -0.0195. The van der Waals surface area contributed by atoms with E-state index >= 15 is 0 Å². The number of carboxylic acids is 1. The van der Waals surface area contributed by atoms with Gasteiger partial charge in [-0.15, -0.1) is 0 Å². The van der Waals surface area contributed by atoms with Gasteiger partial charge in [-0.1, -0.05) is 6.42 Å². The minimum atomic E-state index is -0.697. The molecule has 1 atom stereocenters. The predicted molar refractivity (Wildman–Crippen MR) is 62.5 cm³/mol. The summed E-state index contributed by atoms with van der Waals surface area (Å²) in [4.78, 5) is 12.8. The third kappa shape index (κ3) is 5.47. The van der Waals surface area contributed by atoms with Crippen LogP contribution in [-0.2, 0) is 9.53 Å². The molecule has 0 spiro atoms. The maximum absolute atomic E-state index is 10.5. The van der Waals surface area contributed by atoms with Crippen LogP contribution in [0.2, 0.25) is 0 Å². The number of aliphatic carboxylic acids is 1. The molecule has 1 unspecified atom stereocenters. The lowest BCUT2D eigenvalue weighted by atomic mass is 10.00. The molecule has 1 aliphatic rings. The third-order valence-corrected chi connectivity index (χ3v) is 3.23. The largest absolute Gasteiger partial charge is 0.481 e. The molecule has 0 aromatic heterocycles. The van der Waals surface area contributed by atoms with Gasteiger partial charge in [-0.2, -0.15) is 0 Å². The van der Waals surface area contributed by atoms with Crippen LogP contribution >= 0.6 is 0 Å². The van der Waals surface area contributed by atoms with Gasteiger partial charge in [0.2, 0.25) is 0 Å². The minimum Gasteiger partial charge on any atom is -0.481 e. The molecule has 1 aliphatic heterocycles. The van der Waals surface area contributed by atoms with Crippen LogP contribution in [-0.4, -0.2) is 49.3 Å². The molecular weight excluding hydrogens is 206 g/mol. The second-order valence-electron chi connectivity index (χ2n) is 4.59. The van der Waals surface area contributed by atoms with Crippen molar-refractivity contribution in [1.82, 2.24) is 4.90 Å². The third-order valence-electron chi connectivity index (χ3n) is 3.23. The number of hydrogen-bond acceptors (Lipinski definition) is 3. The average Bonchev–Trinajstić information content (AvgIpc) is 2.48. The average molecular weight is 229 g/mol. The van der Waals surface area contributed by atoms with Crippen LogP contribution < -0.4 is 0 Å². The maximum atomic E-state index is 10.5. The molecule has 0 bridgehead atoms. The van der Waals surface area contributed by atoms with Crippen molar-refractivity contribution in [1.29, 1.82) is 0 Å². The first-order valence-corrected chi connectivity index (χ1v) is 6.15. The number of ether oxygens (including phenoxy) is 1. The zero-order chi connectivity index (χ0) is 11.8. The number of likely N-dealkylation sites (tertiary alicyclic amines) is 1. The molecule has 0 amide bonds. The van der Waals surface area contributed by atoms with E-state index in [1.165, 1.54) is 19.3 Å². The number of rotatable bonds is 6. The Morgan fingerprint density at radius 3 is 3.00 bits per heavy atom. The van der Waals surface area contributed by atoms with E-state index in [4.69, 9.17) is 9.84 Å². The first kappa shape index (κ1) is 13.5. The number of hydrogen-bond donors (Lipinski definition) is 1. The molecule has 1 rings (SSSR count). The Morgan fingerprint density at radius 2 is 2.31 bits per heavy atom. The molecule has 0 aromatic rings. The lowest BCUT2D eigenvalue weighted by Gasteiger charge is -2.23. The summed E-state index contributed by atoms with van der Waals surface area (Å²) in [5.41, 5.74) is 0. The second kappa shape index (κ2) is 7.63. The molecule has 94 valence electrons. The van der Waals surface area contributed by atoms with E-state index in [1.807, 2.05) is 0 Å². The van der Waals surface area contributed by atoms with Gasteiger partial charge >= 0.3 is 5.97 Å². The SMILES string of the molecule is COCCC1CCCCN(CCC(=O)O)C1. The molecule has 0 radical (unpaired) electrons. The van der Waals surface area contributed by atoms with Gasteiger partial charge in [0.1, 0.15) is 0 Å². The second-order valence-corrected chi connectivity index (χ2v) is 4.59. The highest BCUT2D eigenvalue weighted by atomic mass is 16.5. The van der Waals surface area contributed by atoms with E-state index in [0.29, 0.717) is 12.5 Å². The summed E-state index contributed by atoms with van der Waals surface area (Å²) in [6, 6.07) is 0. The van der Waals surface area contributed by atoms with Gasteiger partial charge in [-0.05, 0) is 31.7 Å². The molecule has 1 fully saturated rings. The lowest BCUT2D eigenvalue weighted by molar-refractivity contribution is -0.137. The van der Waals surface area contributed by atoms with Crippen molar-refractivity contribution >= 4 is 5.97 Å². The molecule has 1 N–H and O–H groups in total. The van der Waals surface area contributed by atoms with E-state index in [1.54, 1.807) is 7.11 Å². The number of carbonyl (C=O) groups is 1. The van der Waals surface area contributed by atoms with Gasteiger partial charge in [0.25, 0.3) is 0 Å².